The summed E-state index contributed by atoms with van der Waals surface area (Å²) in [6.07, 6.45) is 5.24. The summed E-state index contributed by atoms with van der Waals surface area (Å²) in [5, 5.41) is 8.89. The van der Waals surface area contributed by atoms with Crippen molar-refractivity contribution in [2.24, 2.45) is 5.92 Å². The zero-order valence-corrected chi connectivity index (χ0v) is 10.1. The van der Waals surface area contributed by atoms with Crippen molar-refractivity contribution in [3.63, 3.8) is 0 Å². The Bertz CT molecular complexity index is 117. The molecule has 0 bridgehead atoms. The van der Waals surface area contributed by atoms with E-state index in [1.54, 1.807) is 0 Å². The highest BCUT2D eigenvalue weighted by Gasteiger charge is 2.10. The Morgan fingerprint density at radius 3 is 2.36 bits per heavy atom. The van der Waals surface area contributed by atoms with Gasteiger partial charge in [-0.15, -0.1) is 0 Å². The van der Waals surface area contributed by atoms with Gasteiger partial charge in [-0.1, -0.05) is 40.0 Å². The fraction of sp³-hybridized carbons (Fsp3) is 1.00. The van der Waals surface area contributed by atoms with Gasteiger partial charge in [-0.25, -0.2) is 0 Å². The van der Waals surface area contributed by atoms with Crippen LogP contribution in [0.15, 0.2) is 0 Å². The van der Waals surface area contributed by atoms with E-state index in [2.05, 4.69) is 25.7 Å². The summed E-state index contributed by atoms with van der Waals surface area (Å²) in [6, 6.07) is 0. The van der Waals surface area contributed by atoms with Crippen LogP contribution >= 0.6 is 0 Å². The second-order valence-electron chi connectivity index (χ2n) is 4.03. The second-order valence-corrected chi connectivity index (χ2v) is 4.03. The van der Waals surface area contributed by atoms with Crippen LogP contribution in [0.4, 0.5) is 0 Å². The summed E-state index contributed by atoms with van der Waals surface area (Å²) in [6.45, 7) is 10.0. The Hall–Kier alpha value is -0.0800. The molecule has 1 N–H and O–H groups in total. The Morgan fingerprint density at radius 2 is 1.93 bits per heavy atom. The van der Waals surface area contributed by atoms with E-state index in [-0.39, 0.29) is 6.61 Å². The first-order valence-corrected chi connectivity index (χ1v) is 6.11. The quantitative estimate of drug-likeness (QED) is 0.619. The molecule has 0 fully saturated rings. The molecule has 1 atom stereocenters. The highest BCUT2D eigenvalue weighted by atomic mass is 16.3. The number of unbranched alkanes of at least 4 members (excludes halogenated alkanes) is 1. The molecule has 2 nitrogen and oxygen atoms in total. The largest absolute Gasteiger partial charge is 0.395 e. The molecule has 0 radical (unpaired) electrons. The van der Waals surface area contributed by atoms with Gasteiger partial charge < -0.3 is 10.0 Å². The van der Waals surface area contributed by atoms with Gasteiger partial charge in [0.25, 0.3) is 0 Å². The molecule has 0 rings (SSSR count). The van der Waals surface area contributed by atoms with E-state index in [0.717, 1.165) is 25.6 Å². The first-order chi connectivity index (χ1) is 6.78. The Balaban J connectivity index is 3.75. The monoisotopic (exact) mass is 201 g/mol. The van der Waals surface area contributed by atoms with E-state index >= 15 is 0 Å². The molecule has 0 spiro atoms. The summed E-state index contributed by atoms with van der Waals surface area (Å²) >= 11 is 0. The lowest BCUT2D eigenvalue weighted by atomic mass is 9.99. The molecule has 2 heteroatoms. The summed E-state index contributed by atoms with van der Waals surface area (Å²) in [7, 11) is 0. The van der Waals surface area contributed by atoms with Gasteiger partial charge in [0.2, 0.25) is 0 Å². The molecule has 0 aliphatic carbocycles. The number of likely N-dealkylation sites (N-methyl/N-ethyl adjacent to an activating group) is 1. The van der Waals surface area contributed by atoms with Gasteiger partial charge in [-0.3, -0.25) is 0 Å². The third-order valence-electron chi connectivity index (χ3n) is 2.92. The van der Waals surface area contributed by atoms with Crippen LogP contribution in [0.5, 0.6) is 0 Å². The lowest BCUT2D eigenvalue weighted by molar-refractivity contribution is 0.175. The van der Waals surface area contributed by atoms with Crippen LogP contribution in [0.3, 0.4) is 0 Å². The number of aliphatic hydroxyl groups is 1. The molecule has 0 saturated carbocycles. The minimum Gasteiger partial charge on any atom is -0.395 e. The molecule has 0 aromatic heterocycles. The first-order valence-electron chi connectivity index (χ1n) is 6.11. The van der Waals surface area contributed by atoms with Gasteiger partial charge in [0.15, 0.2) is 0 Å². The molecule has 14 heavy (non-hydrogen) atoms. The van der Waals surface area contributed by atoms with Gasteiger partial charge in [0, 0.05) is 13.1 Å². The highest BCUT2D eigenvalue weighted by Crippen LogP contribution is 2.13. The van der Waals surface area contributed by atoms with Crippen molar-refractivity contribution in [3.05, 3.63) is 0 Å². The maximum atomic E-state index is 8.89. The average Bonchev–Trinajstić information content (AvgIpc) is 2.22. The second kappa shape index (κ2) is 9.47. The molecule has 0 aliphatic heterocycles. The molecule has 0 aromatic carbocycles. The van der Waals surface area contributed by atoms with Crippen LogP contribution < -0.4 is 0 Å². The zero-order chi connectivity index (χ0) is 10.8. The van der Waals surface area contributed by atoms with Crippen LogP contribution in [-0.4, -0.2) is 36.2 Å². The summed E-state index contributed by atoms with van der Waals surface area (Å²) < 4.78 is 0. The van der Waals surface area contributed by atoms with Crippen molar-refractivity contribution >= 4 is 0 Å². The third kappa shape index (κ3) is 6.39. The normalized spacial score (nSPS) is 13.5. The van der Waals surface area contributed by atoms with Crippen LogP contribution in [0.2, 0.25) is 0 Å². The van der Waals surface area contributed by atoms with Crippen molar-refractivity contribution in [2.75, 3.05) is 26.2 Å². The molecule has 0 saturated heterocycles. The van der Waals surface area contributed by atoms with Crippen LogP contribution in [-0.2, 0) is 0 Å². The van der Waals surface area contributed by atoms with Crippen LogP contribution in [0, 0.1) is 5.92 Å². The maximum absolute atomic E-state index is 8.89. The number of rotatable bonds is 9. The van der Waals surface area contributed by atoms with Crippen molar-refractivity contribution in [1.82, 2.24) is 4.90 Å². The van der Waals surface area contributed by atoms with Crippen LogP contribution in [0.25, 0.3) is 0 Å². The van der Waals surface area contributed by atoms with E-state index in [9.17, 15) is 0 Å². The van der Waals surface area contributed by atoms with E-state index in [1.165, 1.54) is 25.7 Å². The van der Waals surface area contributed by atoms with E-state index < -0.39 is 0 Å². The van der Waals surface area contributed by atoms with Gasteiger partial charge in [0.1, 0.15) is 0 Å². The fourth-order valence-corrected chi connectivity index (χ4v) is 1.80. The smallest absolute Gasteiger partial charge is 0.0558 e. The first kappa shape index (κ1) is 13.9. The summed E-state index contributed by atoms with van der Waals surface area (Å²) in [5.41, 5.74) is 0. The number of hydrogen-bond donors (Lipinski definition) is 1. The average molecular weight is 201 g/mol. The summed E-state index contributed by atoms with van der Waals surface area (Å²) in [5.74, 6) is 0.821. The number of aliphatic hydroxyl groups excluding tert-OH is 1. The van der Waals surface area contributed by atoms with E-state index in [4.69, 9.17) is 5.11 Å². The van der Waals surface area contributed by atoms with Gasteiger partial charge in [-0.05, 0) is 18.9 Å². The minimum atomic E-state index is 0.290. The predicted octanol–water partition coefficient (Wildman–Crippen LogP) is 2.52. The van der Waals surface area contributed by atoms with Crippen LogP contribution in [0.1, 0.15) is 46.5 Å². The van der Waals surface area contributed by atoms with Gasteiger partial charge in [-0.2, -0.15) is 0 Å². The molecule has 0 heterocycles. The SMILES string of the molecule is CCCCC(CC)CN(CC)CCO. The lowest BCUT2D eigenvalue weighted by Gasteiger charge is -2.25. The van der Waals surface area contributed by atoms with E-state index in [0.29, 0.717) is 0 Å². The van der Waals surface area contributed by atoms with Crippen molar-refractivity contribution in [1.29, 1.82) is 0 Å². The highest BCUT2D eigenvalue weighted by molar-refractivity contribution is 4.64. The Kier molecular flexibility index (Phi) is 9.42. The topological polar surface area (TPSA) is 23.5 Å². The van der Waals surface area contributed by atoms with E-state index in [1.807, 2.05) is 0 Å². The standard InChI is InChI=1S/C12H27NO/c1-4-7-8-12(5-2)11-13(6-3)9-10-14/h12,14H,4-11H2,1-3H3. The Labute approximate surface area is 89.3 Å². The molecule has 0 aromatic rings. The maximum Gasteiger partial charge on any atom is 0.0558 e. The van der Waals surface area contributed by atoms with Crippen molar-refractivity contribution in [3.8, 4) is 0 Å². The number of hydrogen-bond acceptors (Lipinski definition) is 2. The molecule has 86 valence electrons. The Morgan fingerprint density at radius 1 is 1.21 bits per heavy atom. The third-order valence-corrected chi connectivity index (χ3v) is 2.92. The molecular weight excluding hydrogens is 174 g/mol. The van der Waals surface area contributed by atoms with Gasteiger partial charge >= 0.3 is 0 Å². The fourth-order valence-electron chi connectivity index (χ4n) is 1.80. The van der Waals surface area contributed by atoms with Crippen molar-refractivity contribution < 1.29 is 5.11 Å². The molecule has 1 unspecified atom stereocenters. The number of nitrogens with zero attached hydrogens (tertiary/aromatic N) is 1. The minimum absolute atomic E-state index is 0.290. The molecule has 0 amide bonds. The predicted molar refractivity (Wildman–Crippen MR) is 62.5 cm³/mol. The zero-order valence-electron chi connectivity index (χ0n) is 10.1. The lowest BCUT2D eigenvalue weighted by Crippen LogP contribution is -2.31. The summed E-state index contributed by atoms with van der Waals surface area (Å²) in [4.78, 5) is 2.35. The molecule has 0 aliphatic rings. The van der Waals surface area contributed by atoms with Gasteiger partial charge in [0.05, 0.1) is 6.61 Å². The molecular formula is C12H27NO. The van der Waals surface area contributed by atoms with Crippen molar-refractivity contribution in [2.45, 2.75) is 46.5 Å².